The molecule has 0 spiro atoms. The van der Waals surface area contributed by atoms with Gasteiger partial charge in [0, 0.05) is 6.07 Å². The predicted octanol–water partition coefficient (Wildman–Crippen LogP) is 1.23. The Kier molecular flexibility index (Phi) is 3.38. The van der Waals surface area contributed by atoms with Crippen LogP contribution in [-0.4, -0.2) is 24.1 Å². The molecule has 19 heavy (non-hydrogen) atoms. The van der Waals surface area contributed by atoms with Crippen molar-refractivity contribution in [1.82, 2.24) is 0 Å². The molecule has 2 unspecified atom stereocenters. The average Bonchev–Trinajstić information content (AvgIpc) is 3.19. The van der Waals surface area contributed by atoms with Crippen LogP contribution in [0.2, 0.25) is 0 Å². The van der Waals surface area contributed by atoms with Crippen molar-refractivity contribution < 1.29 is 19.4 Å². The normalized spacial score (nSPS) is 20.2. The summed E-state index contributed by atoms with van der Waals surface area (Å²) in [5, 5.41) is 20.2. The summed E-state index contributed by atoms with van der Waals surface area (Å²) in [4.78, 5) is 22.5. The highest BCUT2D eigenvalue weighted by Gasteiger charge is 2.48. The molecule has 6 nitrogen and oxygen atoms in total. The van der Waals surface area contributed by atoms with Crippen molar-refractivity contribution in [2.24, 2.45) is 11.8 Å². The van der Waals surface area contributed by atoms with Crippen LogP contribution in [0, 0.1) is 23.2 Å². The van der Waals surface area contributed by atoms with Crippen LogP contribution in [0.4, 0.5) is 5.69 Å². The van der Waals surface area contributed by atoms with Gasteiger partial charge in [0.1, 0.15) is 5.75 Å². The standard InChI is InChI=1S/C13H12N2O4/c1-19-11-4-7(6-14)2-3-10(11)15-12(16)8-5-9(8)13(17)18/h2-4,8-9H,5H2,1H3,(H,15,16)(H,17,18). The minimum atomic E-state index is -0.952. The molecule has 1 aromatic rings. The highest BCUT2D eigenvalue weighted by atomic mass is 16.5. The molecule has 6 heteroatoms. The van der Waals surface area contributed by atoms with Gasteiger partial charge in [-0.05, 0) is 18.6 Å². The Morgan fingerprint density at radius 2 is 2.21 bits per heavy atom. The third-order valence-corrected chi connectivity index (χ3v) is 3.03. The number of carboxylic acid groups (broad SMARTS) is 1. The van der Waals surface area contributed by atoms with Crippen LogP contribution in [0.5, 0.6) is 5.75 Å². The van der Waals surface area contributed by atoms with Crippen molar-refractivity contribution in [3.63, 3.8) is 0 Å². The Morgan fingerprint density at radius 3 is 2.74 bits per heavy atom. The lowest BCUT2D eigenvalue weighted by Crippen LogP contribution is -2.17. The van der Waals surface area contributed by atoms with Gasteiger partial charge < -0.3 is 15.2 Å². The molecule has 1 fully saturated rings. The molecule has 1 aliphatic carbocycles. The number of rotatable bonds is 4. The van der Waals surface area contributed by atoms with Gasteiger partial charge in [-0.1, -0.05) is 0 Å². The fourth-order valence-electron chi connectivity index (χ4n) is 1.85. The van der Waals surface area contributed by atoms with E-state index in [1.807, 2.05) is 6.07 Å². The Morgan fingerprint density at radius 1 is 1.47 bits per heavy atom. The quantitative estimate of drug-likeness (QED) is 0.848. The third-order valence-electron chi connectivity index (χ3n) is 3.03. The number of amides is 1. The van der Waals surface area contributed by atoms with E-state index < -0.39 is 17.8 Å². The molecule has 0 saturated heterocycles. The van der Waals surface area contributed by atoms with Crippen LogP contribution in [0.3, 0.4) is 0 Å². The van der Waals surface area contributed by atoms with Gasteiger partial charge in [-0.25, -0.2) is 0 Å². The molecule has 0 bridgehead atoms. The number of benzene rings is 1. The summed E-state index contributed by atoms with van der Waals surface area (Å²) in [7, 11) is 1.43. The van der Waals surface area contributed by atoms with Crippen molar-refractivity contribution >= 4 is 17.6 Å². The van der Waals surface area contributed by atoms with E-state index in [0.717, 1.165) is 0 Å². The lowest BCUT2D eigenvalue weighted by molar-refractivity contribution is -0.139. The fourth-order valence-corrected chi connectivity index (χ4v) is 1.85. The second kappa shape index (κ2) is 4.98. The number of carbonyl (C=O) groups is 2. The minimum absolute atomic E-state index is 0.338. The Hall–Kier alpha value is -2.55. The molecule has 1 aliphatic rings. The predicted molar refractivity (Wildman–Crippen MR) is 65.6 cm³/mol. The van der Waals surface area contributed by atoms with Crippen LogP contribution >= 0.6 is 0 Å². The van der Waals surface area contributed by atoms with Crippen LogP contribution in [-0.2, 0) is 9.59 Å². The first-order valence-electron chi connectivity index (χ1n) is 5.68. The Labute approximate surface area is 109 Å². The van der Waals surface area contributed by atoms with E-state index in [0.29, 0.717) is 23.4 Å². The van der Waals surface area contributed by atoms with E-state index >= 15 is 0 Å². The van der Waals surface area contributed by atoms with E-state index in [-0.39, 0.29) is 5.91 Å². The number of nitrogens with one attached hydrogen (secondary N) is 1. The molecule has 0 aliphatic heterocycles. The van der Waals surface area contributed by atoms with E-state index in [4.69, 9.17) is 15.1 Å². The average molecular weight is 260 g/mol. The third kappa shape index (κ3) is 2.65. The number of hydrogen-bond acceptors (Lipinski definition) is 4. The topological polar surface area (TPSA) is 99.4 Å². The molecule has 0 radical (unpaired) electrons. The summed E-state index contributed by atoms with van der Waals surface area (Å²) in [5.41, 5.74) is 0.854. The number of anilines is 1. The largest absolute Gasteiger partial charge is 0.495 e. The number of ether oxygens (including phenoxy) is 1. The zero-order chi connectivity index (χ0) is 14.0. The van der Waals surface area contributed by atoms with E-state index in [1.54, 1.807) is 12.1 Å². The number of nitrogens with zero attached hydrogens (tertiary/aromatic N) is 1. The summed E-state index contributed by atoms with van der Waals surface area (Å²) >= 11 is 0. The molecule has 1 amide bonds. The molecular weight excluding hydrogens is 248 g/mol. The molecule has 1 saturated carbocycles. The second-order valence-electron chi connectivity index (χ2n) is 4.30. The maximum absolute atomic E-state index is 11.8. The number of methoxy groups -OCH3 is 1. The van der Waals surface area contributed by atoms with E-state index in [1.165, 1.54) is 13.2 Å². The van der Waals surface area contributed by atoms with Crippen LogP contribution < -0.4 is 10.1 Å². The number of carboxylic acids is 1. The van der Waals surface area contributed by atoms with Gasteiger partial charge in [0.15, 0.2) is 0 Å². The molecule has 0 aromatic heterocycles. The van der Waals surface area contributed by atoms with Crippen molar-refractivity contribution in [2.75, 3.05) is 12.4 Å². The molecule has 98 valence electrons. The number of hydrogen-bond donors (Lipinski definition) is 2. The molecule has 2 rings (SSSR count). The highest BCUT2D eigenvalue weighted by molar-refractivity contribution is 5.99. The monoisotopic (exact) mass is 260 g/mol. The smallest absolute Gasteiger partial charge is 0.307 e. The summed E-state index contributed by atoms with van der Waals surface area (Å²) in [5.74, 6) is -2.00. The molecular formula is C13H12N2O4. The van der Waals surface area contributed by atoms with Crippen molar-refractivity contribution in [3.8, 4) is 11.8 Å². The van der Waals surface area contributed by atoms with Gasteiger partial charge in [-0.2, -0.15) is 5.26 Å². The first kappa shape index (κ1) is 12.9. The fraction of sp³-hybridized carbons (Fsp3) is 0.308. The molecule has 1 aromatic carbocycles. The summed E-state index contributed by atoms with van der Waals surface area (Å²) in [6, 6.07) is 6.60. The molecule has 2 atom stereocenters. The first-order valence-corrected chi connectivity index (χ1v) is 5.68. The van der Waals surface area contributed by atoms with Gasteiger partial charge in [-0.15, -0.1) is 0 Å². The van der Waals surface area contributed by atoms with Crippen molar-refractivity contribution in [1.29, 1.82) is 5.26 Å². The highest BCUT2D eigenvalue weighted by Crippen LogP contribution is 2.40. The zero-order valence-electron chi connectivity index (χ0n) is 10.2. The zero-order valence-corrected chi connectivity index (χ0v) is 10.2. The molecule has 0 heterocycles. The summed E-state index contributed by atoms with van der Waals surface area (Å²) in [6.07, 6.45) is 0.361. The van der Waals surface area contributed by atoms with E-state index in [2.05, 4.69) is 5.32 Å². The van der Waals surface area contributed by atoms with Crippen LogP contribution in [0.25, 0.3) is 0 Å². The van der Waals surface area contributed by atoms with Crippen molar-refractivity contribution in [2.45, 2.75) is 6.42 Å². The van der Waals surface area contributed by atoms with Gasteiger partial charge in [0.25, 0.3) is 0 Å². The molecule has 2 N–H and O–H groups in total. The Bertz CT molecular complexity index is 576. The Balaban J connectivity index is 2.10. The maximum Gasteiger partial charge on any atom is 0.307 e. The van der Waals surface area contributed by atoms with Crippen LogP contribution in [0.1, 0.15) is 12.0 Å². The number of carbonyl (C=O) groups excluding carboxylic acids is 1. The maximum atomic E-state index is 11.8. The summed E-state index contributed by atoms with van der Waals surface area (Å²) in [6.45, 7) is 0. The minimum Gasteiger partial charge on any atom is -0.495 e. The first-order chi connectivity index (χ1) is 9.06. The van der Waals surface area contributed by atoms with E-state index in [9.17, 15) is 9.59 Å². The summed E-state index contributed by atoms with van der Waals surface area (Å²) < 4.78 is 5.08. The van der Waals surface area contributed by atoms with Crippen molar-refractivity contribution in [3.05, 3.63) is 23.8 Å². The van der Waals surface area contributed by atoms with Crippen LogP contribution in [0.15, 0.2) is 18.2 Å². The van der Waals surface area contributed by atoms with Gasteiger partial charge in [0.2, 0.25) is 5.91 Å². The van der Waals surface area contributed by atoms with Gasteiger partial charge >= 0.3 is 5.97 Å². The number of nitriles is 1. The lowest BCUT2D eigenvalue weighted by atomic mass is 10.2. The van der Waals surface area contributed by atoms with Gasteiger partial charge in [0.05, 0.1) is 36.3 Å². The lowest BCUT2D eigenvalue weighted by Gasteiger charge is -2.10. The second-order valence-corrected chi connectivity index (χ2v) is 4.30. The van der Waals surface area contributed by atoms with Gasteiger partial charge in [-0.3, -0.25) is 9.59 Å². The number of aliphatic carboxylic acids is 1. The SMILES string of the molecule is COc1cc(C#N)ccc1NC(=O)C1CC1C(=O)O.